The average Bonchev–Trinajstić information content (AvgIpc) is 2.36. The van der Waals surface area contributed by atoms with Gasteiger partial charge in [0.15, 0.2) is 0 Å². The molecule has 0 atom stereocenters. The Hall–Kier alpha value is -0.780. The van der Waals surface area contributed by atoms with E-state index in [9.17, 15) is 0 Å². The molecule has 0 amide bonds. The average molecular weight is 184 g/mol. The maximum atomic E-state index is 8.30. The normalized spacial score (nSPS) is 11.2. The highest BCUT2D eigenvalue weighted by Gasteiger charge is 1.98. The van der Waals surface area contributed by atoms with Gasteiger partial charge in [-0.25, -0.2) is 0 Å². The molecule has 1 heterocycles. The minimum Gasteiger partial charge on any atom is -0.193 e. The minimum atomic E-state index is 0.511. The van der Waals surface area contributed by atoms with Crippen molar-refractivity contribution in [3.63, 3.8) is 0 Å². The predicted molar refractivity (Wildman–Crippen MR) is 48.5 cm³/mol. The summed E-state index contributed by atoms with van der Waals surface area (Å²) in [6.45, 7) is 2.00. The van der Waals surface area contributed by atoms with E-state index in [4.69, 9.17) is 16.9 Å². The number of allylic oxidation sites excluding steroid dienone is 1. The van der Waals surface area contributed by atoms with Crippen molar-refractivity contribution in [2.24, 2.45) is 0 Å². The van der Waals surface area contributed by atoms with Gasteiger partial charge in [0, 0.05) is 16.5 Å². The molecule has 0 aliphatic heterocycles. The summed E-state index contributed by atoms with van der Waals surface area (Å²) in [6, 6.07) is 3.85. The highest BCUT2D eigenvalue weighted by molar-refractivity contribution is 7.10. The topological polar surface area (TPSA) is 23.8 Å². The number of hydrogen-bond acceptors (Lipinski definition) is 2. The van der Waals surface area contributed by atoms with Crippen molar-refractivity contribution >= 4 is 28.0 Å². The van der Waals surface area contributed by atoms with Crippen molar-refractivity contribution in [1.82, 2.24) is 0 Å². The molecule has 0 spiro atoms. The molecule has 0 fully saturated rings. The van der Waals surface area contributed by atoms with E-state index in [0.29, 0.717) is 5.03 Å². The molecule has 56 valence electrons. The summed E-state index contributed by atoms with van der Waals surface area (Å²) >= 11 is 7.39. The van der Waals surface area contributed by atoms with Gasteiger partial charge in [-0.15, -0.1) is 11.3 Å². The van der Waals surface area contributed by atoms with Crippen LogP contribution in [0.3, 0.4) is 0 Å². The Kier molecular flexibility index (Phi) is 2.70. The quantitative estimate of drug-likeness (QED) is 0.614. The Labute approximate surface area is 74.5 Å². The maximum absolute atomic E-state index is 8.30. The first-order valence-electron chi connectivity index (χ1n) is 3.05. The van der Waals surface area contributed by atoms with E-state index in [0.717, 1.165) is 5.56 Å². The molecule has 1 aromatic rings. The van der Waals surface area contributed by atoms with Crippen LogP contribution in [0.4, 0.5) is 0 Å². The van der Waals surface area contributed by atoms with Crippen LogP contribution in [0.2, 0.25) is 0 Å². The molecule has 0 aliphatic carbocycles. The lowest BCUT2D eigenvalue weighted by Gasteiger charge is -1.87. The summed E-state index contributed by atoms with van der Waals surface area (Å²) in [6.07, 6.45) is 1.34. The van der Waals surface area contributed by atoms with Crippen molar-refractivity contribution in [2.75, 3.05) is 0 Å². The van der Waals surface area contributed by atoms with Gasteiger partial charge in [-0.1, -0.05) is 11.6 Å². The van der Waals surface area contributed by atoms with Gasteiger partial charge in [0.1, 0.15) is 0 Å². The van der Waals surface area contributed by atoms with E-state index >= 15 is 0 Å². The lowest BCUT2D eigenvalue weighted by molar-refractivity contribution is 1.53. The first kappa shape index (κ1) is 8.32. The number of halogens is 1. The van der Waals surface area contributed by atoms with Gasteiger partial charge < -0.3 is 0 Å². The molecule has 1 nitrogen and oxygen atoms in total. The Morgan fingerprint density at radius 1 is 1.82 bits per heavy atom. The summed E-state index contributed by atoms with van der Waals surface area (Å²) in [7, 11) is 0. The fraction of sp³-hybridized carbons (Fsp3) is 0.125. The first-order valence-corrected chi connectivity index (χ1v) is 4.30. The van der Waals surface area contributed by atoms with Gasteiger partial charge in [-0.05, 0) is 18.4 Å². The van der Waals surface area contributed by atoms with Crippen LogP contribution in [0.25, 0.3) is 5.03 Å². The number of thiophene rings is 1. The maximum Gasteiger partial charge on any atom is 0.0927 e. The third kappa shape index (κ3) is 2.07. The molecule has 0 saturated carbocycles. The second-order valence-corrected chi connectivity index (χ2v) is 3.59. The molecule has 0 saturated heterocycles. The standard InChI is InChI=1S/C8H6ClNS/c1-6-4-7(5-11-6)8(9)2-3-10/h2,4-5H,1H3/b8-2-. The van der Waals surface area contributed by atoms with Crippen molar-refractivity contribution in [2.45, 2.75) is 6.92 Å². The Morgan fingerprint density at radius 2 is 2.55 bits per heavy atom. The largest absolute Gasteiger partial charge is 0.193 e. The lowest BCUT2D eigenvalue weighted by Crippen LogP contribution is -1.67. The van der Waals surface area contributed by atoms with Crippen molar-refractivity contribution in [1.29, 1.82) is 5.26 Å². The number of aryl methyl sites for hydroxylation is 1. The van der Waals surface area contributed by atoms with Gasteiger partial charge in [0.25, 0.3) is 0 Å². The Balaban J connectivity index is 2.95. The minimum absolute atomic E-state index is 0.511. The number of hydrogen-bond donors (Lipinski definition) is 0. The van der Waals surface area contributed by atoms with Crippen molar-refractivity contribution in [3.05, 3.63) is 28.0 Å². The van der Waals surface area contributed by atoms with Gasteiger partial charge in [-0.2, -0.15) is 5.26 Å². The SMILES string of the molecule is Cc1cc(/C(Cl)=C/C#N)cs1. The zero-order valence-corrected chi connectivity index (χ0v) is 7.54. The molecule has 0 radical (unpaired) electrons. The van der Waals surface area contributed by atoms with Gasteiger partial charge in [0.2, 0.25) is 0 Å². The van der Waals surface area contributed by atoms with E-state index in [2.05, 4.69) is 0 Å². The molecule has 0 N–H and O–H groups in total. The summed E-state index contributed by atoms with van der Waals surface area (Å²) < 4.78 is 0. The van der Waals surface area contributed by atoms with Crippen LogP contribution in [0.1, 0.15) is 10.4 Å². The highest BCUT2D eigenvalue weighted by atomic mass is 35.5. The van der Waals surface area contributed by atoms with Crippen LogP contribution in [0.15, 0.2) is 17.5 Å². The smallest absolute Gasteiger partial charge is 0.0927 e. The van der Waals surface area contributed by atoms with Crippen molar-refractivity contribution < 1.29 is 0 Å². The molecule has 1 aromatic heterocycles. The third-order valence-electron chi connectivity index (χ3n) is 1.20. The lowest BCUT2D eigenvalue weighted by atomic mass is 10.3. The highest BCUT2D eigenvalue weighted by Crippen LogP contribution is 2.23. The summed E-state index contributed by atoms with van der Waals surface area (Å²) in [5, 5.41) is 10.7. The summed E-state index contributed by atoms with van der Waals surface area (Å²) in [5.41, 5.74) is 0.927. The van der Waals surface area contributed by atoms with Gasteiger partial charge >= 0.3 is 0 Å². The van der Waals surface area contributed by atoms with Crippen LogP contribution in [0, 0.1) is 18.3 Å². The van der Waals surface area contributed by atoms with Gasteiger partial charge in [0.05, 0.1) is 11.1 Å². The molecular formula is C8H6ClNS. The molecule has 1 rings (SSSR count). The number of nitriles is 1. The molecular weight excluding hydrogens is 178 g/mol. The zero-order chi connectivity index (χ0) is 8.27. The second kappa shape index (κ2) is 3.56. The second-order valence-electron chi connectivity index (χ2n) is 2.07. The molecule has 0 unspecified atom stereocenters. The zero-order valence-electron chi connectivity index (χ0n) is 5.97. The number of nitrogens with zero attached hydrogens (tertiary/aromatic N) is 1. The van der Waals surface area contributed by atoms with E-state index in [1.165, 1.54) is 11.0 Å². The fourth-order valence-corrected chi connectivity index (χ4v) is 1.63. The monoisotopic (exact) mass is 183 g/mol. The van der Waals surface area contributed by atoms with Crippen LogP contribution in [-0.2, 0) is 0 Å². The van der Waals surface area contributed by atoms with Crippen LogP contribution in [0.5, 0.6) is 0 Å². The Morgan fingerprint density at radius 3 is 3.00 bits per heavy atom. The summed E-state index contributed by atoms with van der Waals surface area (Å²) in [4.78, 5) is 1.20. The first-order chi connectivity index (χ1) is 5.24. The molecule has 0 aliphatic rings. The molecule has 0 aromatic carbocycles. The molecule has 0 bridgehead atoms. The van der Waals surface area contributed by atoms with Crippen LogP contribution >= 0.6 is 22.9 Å². The molecule has 3 heteroatoms. The van der Waals surface area contributed by atoms with Gasteiger partial charge in [-0.3, -0.25) is 0 Å². The van der Waals surface area contributed by atoms with Crippen LogP contribution in [-0.4, -0.2) is 0 Å². The van der Waals surface area contributed by atoms with Crippen molar-refractivity contribution in [3.8, 4) is 6.07 Å². The fourth-order valence-electron chi connectivity index (χ4n) is 0.709. The van der Waals surface area contributed by atoms with E-state index in [-0.39, 0.29) is 0 Å². The predicted octanol–water partition coefficient (Wildman–Crippen LogP) is 3.16. The Bertz CT molecular complexity index is 319. The number of rotatable bonds is 1. The van der Waals surface area contributed by atoms with E-state index in [1.54, 1.807) is 11.3 Å². The van der Waals surface area contributed by atoms with E-state index < -0.39 is 0 Å². The van der Waals surface area contributed by atoms with E-state index in [1.807, 2.05) is 24.4 Å². The third-order valence-corrected chi connectivity index (χ3v) is 2.39. The molecule has 11 heavy (non-hydrogen) atoms. The van der Waals surface area contributed by atoms with Crippen LogP contribution < -0.4 is 0 Å². The summed E-state index contributed by atoms with van der Waals surface area (Å²) in [5.74, 6) is 0.